The molecule has 0 bridgehead atoms. The van der Waals surface area contributed by atoms with Gasteiger partial charge in [-0.15, -0.1) is 0 Å². The van der Waals surface area contributed by atoms with Crippen molar-refractivity contribution in [2.24, 2.45) is 0 Å². The Hall–Kier alpha value is -0.860. The number of aryl methyl sites for hydroxylation is 2. The Kier molecular flexibility index (Phi) is 3.90. The minimum absolute atomic E-state index is 0.688. The van der Waals surface area contributed by atoms with Crippen molar-refractivity contribution in [2.45, 2.75) is 45.1 Å². The number of benzene rings is 1. The van der Waals surface area contributed by atoms with Crippen LogP contribution in [0, 0.1) is 0 Å². The van der Waals surface area contributed by atoms with Crippen molar-refractivity contribution < 1.29 is 0 Å². The molecular weight excluding hydrogens is 232 g/mol. The number of rotatable bonds is 2. The first kappa shape index (κ1) is 13.1. The van der Waals surface area contributed by atoms with Crippen molar-refractivity contribution in [1.82, 2.24) is 10.2 Å². The molecule has 2 nitrogen and oxygen atoms in total. The molecule has 3 rings (SSSR count). The van der Waals surface area contributed by atoms with Crippen molar-refractivity contribution in [2.75, 3.05) is 26.2 Å². The molecule has 1 fully saturated rings. The molecule has 2 heteroatoms. The summed E-state index contributed by atoms with van der Waals surface area (Å²) in [7, 11) is 0. The first-order valence-electron chi connectivity index (χ1n) is 7.86. The predicted molar refractivity (Wildman–Crippen MR) is 80.8 cm³/mol. The SMILES string of the molecule is CCc1ccc2c(c1)CCC(N1CCNCC1)C2C. The zero-order valence-electron chi connectivity index (χ0n) is 12.3. The van der Waals surface area contributed by atoms with Crippen molar-refractivity contribution in [3.63, 3.8) is 0 Å². The molecule has 0 spiro atoms. The van der Waals surface area contributed by atoms with Gasteiger partial charge in [0.15, 0.2) is 0 Å². The Labute approximate surface area is 117 Å². The minimum atomic E-state index is 0.688. The molecule has 1 aromatic carbocycles. The number of hydrogen-bond acceptors (Lipinski definition) is 2. The first-order valence-corrected chi connectivity index (χ1v) is 7.86. The standard InChI is InChI=1S/C17H26N2/c1-3-14-4-6-16-13(2)17(7-5-15(16)12-14)19-10-8-18-9-11-19/h4,6,12-13,17-18H,3,5,7-11H2,1-2H3. The highest BCUT2D eigenvalue weighted by Crippen LogP contribution is 2.35. The van der Waals surface area contributed by atoms with Crippen LogP contribution in [0.25, 0.3) is 0 Å². The highest BCUT2D eigenvalue weighted by atomic mass is 15.2. The van der Waals surface area contributed by atoms with Crippen LogP contribution in [-0.4, -0.2) is 37.1 Å². The smallest absolute Gasteiger partial charge is 0.0166 e. The maximum atomic E-state index is 3.46. The second-order valence-corrected chi connectivity index (χ2v) is 6.07. The lowest BCUT2D eigenvalue weighted by molar-refractivity contribution is 0.141. The van der Waals surface area contributed by atoms with Crippen molar-refractivity contribution in [3.8, 4) is 0 Å². The minimum Gasteiger partial charge on any atom is -0.314 e. The molecule has 0 aromatic heterocycles. The van der Waals surface area contributed by atoms with Gasteiger partial charge in [-0.2, -0.15) is 0 Å². The second-order valence-electron chi connectivity index (χ2n) is 6.07. The lowest BCUT2D eigenvalue weighted by Gasteiger charge is -2.41. The van der Waals surface area contributed by atoms with Crippen LogP contribution in [0.4, 0.5) is 0 Å². The Morgan fingerprint density at radius 2 is 2.05 bits per heavy atom. The molecule has 19 heavy (non-hydrogen) atoms. The Bertz CT molecular complexity index is 435. The normalized spacial score (nSPS) is 28.1. The maximum Gasteiger partial charge on any atom is 0.0166 e. The summed E-state index contributed by atoms with van der Waals surface area (Å²) in [6.45, 7) is 9.43. The van der Waals surface area contributed by atoms with Crippen LogP contribution < -0.4 is 5.32 Å². The topological polar surface area (TPSA) is 15.3 Å². The summed E-state index contributed by atoms with van der Waals surface area (Å²) in [5.74, 6) is 0.688. The van der Waals surface area contributed by atoms with E-state index in [1.54, 1.807) is 11.1 Å². The van der Waals surface area contributed by atoms with Gasteiger partial charge < -0.3 is 5.32 Å². The van der Waals surface area contributed by atoms with E-state index in [1.165, 1.54) is 31.5 Å². The number of fused-ring (bicyclic) bond motifs is 1. The third kappa shape index (κ3) is 2.56. The van der Waals surface area contributed by atoms with E-state index >= 15 is 0 Å². The van der Waals surface area contributed by atoms with Gasteiger partial charge in [-0.3, -0.25) is 4.90 Å². The van der Waals surface area contributed by atoms with Crippen LogP contribution in [0.1, 0.15) is 42.9 Å². The Morgan fingerprint density at radius 1 is 1.26 bits per heavy atom. The number of nitrogens with zero attached hydrogens (tertiary/aromatic N) is 1. The number of nitrogens with one attached hydrogen (secondary N) is 1. The summed E-state index contributed by atoms with van der Waals surface area (Å²) in [4.78, 5) is 2.71. The van der Waals surface area contributed by atoms with Crippen molar-refractivity contribution >= 4 is 0 Å². The summed E-state index contributed by atoms with van der Waals surface area (Å²) in [5.41, 5.74) is 4.71. The van der Waals surface area contributed by atoms with Gasteiger partial charge in [-0.25, -0.2) is 0 Å². The van der Waals surface area contributed by atoms with Gasteiger partial charge in [0.25, 0.3) is 0 Å². The van der Waals surface area contributed by atoms with E-state index < -0.39 is 0 Å². The van der Waals surface area contributed by atoms with E-state index in [4.69, 9.17) is 0 Å². The van der Waals surface area contributed by atoms with Crippen LogP contribution in [0.2, 0.25) is 0 Å². The molecule has 104 valence electrons. The van der Waals surface area contributed by atoms with E-state index in [2.05, 4.69) is 42.3 Å². The zero-order valence-corrected chi connectivity index (χ0v) is 12.3. The summed E-state index contributed by atoms with van der Waals surface area (Å²) < 4.78 is 0. The van der Waals surface area contributed by atoms with Gasteiger partial charge in [0.2, 0.25) is 0 Å². The van der Waals surface area contributed by atoms with Gasteiger partial charge in [-0.05, 0) is 41.9 Å². The first-order chi connectivity index (χ1) is 9.29. The van der Waals surface area contributed by atoms with E-state index in [9.17, 15) is 0 Å². The van der Waals surface area contributed by atoms with Crippen LogP contribution in [0.5, 0.6) is 0 Å². The lowest BCUT2D eigenvalue weighted by atomic mass is 9.78. The van der Waals surface area contributed by atoms with Crippen LogP contribution in [0.15, 0.2) is 18.2 Å². The van der Waals surface area contributed by atoms with E-state index in [1.807, 2.05) is 0 Å². The largest absolute Gasteiger partial charge is 0.314 e. The molecule has 1 heterocycles. The van der Waals surface area contributed by atoms with Crippen molar-refractivity contribution in [1.29, 1.82) is 0 Å². The van der Waals surface area contributed by atoms with E-state index in [-0.39, 0.29) is 0 Å². The van der Waals surface area contributed by atoms with Gasteiger partial charge in [-0.1, -0.05) is 32.0 Å². The van der Waals surface area contributed by atoms with Crippen molar-refractivity contribution in [3.05, 3.63) is 34.9 Å². The second kappa shape index (κ2) is 5.64. The molecule has 2 atom stereocenters. The molecule has 1 aliphatic carbocycles. The highest BCUT2D eigenvalue weighted by Gasteiger charge is 2.31. The fourth-order valence-corrected chi connectivity index (χ4v) is 3.81. The zero-order chi connectivity index (χ0) is 13.2. The van der Waals surface area contributed by atoms with E-state index in [0.717, 1.165) is 25.6 Å². The molecule has 0 radical (unpaired) electrons. The van der Waals surface area contributed by atoms with Gasteiger partial charge in [0.1, 0.15) is 0 Å². The molecule has 2 aliphatic rings. The average molecular weight is 258 g/mol. The van der Waals surface area contributed by atoms with Crippen LogP contribution >= 0.6 is 0 Å². The molecule has 0 saturated carbocycles. The summed E-state index contributed by atoms with van der Waals surface area (Å²) in [5, 5.41) is 3.46. The number of hydrogen-bond donors (Lipinski definition) is 1. The fraction of sp³-hybridized carbons (Fsp3) is 0.647. The average Bonchev–Trinajstić information content (AvgIpc) is 2.48. The summed E-state index contributed by atoms with van der Waals surface area (Å²) in [6.07, 6.45) is 3.76. The Morgan fingerprint density at radius 3 is 2.79 bits per heavy atom. The van der Waals surface area contributed by atoms with Crippen LogP contribution in [-0.2, 0) is 12.8 Å². The molecule has 1 aliphatic heterocycles. The molecule has 1 saturated heterocycles. The molecular formula is C17H26N2. The molecule has 1 aromatic rings. The quantitative estimate of drug-likeness (QED) is 0.877. The van der Waals surface area contributed by atoms with Gasteiger partial charge in [0.05, 0.1) is 0 Å². The third-order valence-electron chi connectivity index (χ3n) is 5.01. The summed E-state index contributed by atoms with van der Waals surface area (Å²) in [6, 6.07) is 7.92. The maximum absolute atomic E-state index is 3.46. The summed E-state index contributed by atoms with van der Waals surface area (Å²) >= 11 is 0. The van der Waals surface area contributed by atoms with Gasteiger partial charge >= 0.3 is 0 Å². The third-order valence-corrected chi connectivity index (χ3v) is 5.01. The highest BCUT2D eigenvalue weighted by molar-refractivity contribution is 5.37. The molecule has 2 unspecified atom stereocenters. The lowest BCUT2D eigenvalue weighted by Crippen LogP contribution is -2.51. The van der Waals surface area contributed by atoms with E-state index in [0.29, 0.717) is 5.92 Å². The van der Waals surface area contributed by atoms with Gasteiger partial charge in [0, 0.05) is 32.2 Å². The van der Waals surface area contributed by atoms with Crippen LogP contribution in [0.3, 0.4) is 0 Å². The predicted octanol–water partition coefficient (Wildman–Crippen LogP) is 2.57. The number of piperazine rings is 1. The fourth-order valence-electron chi connectivity index (χ4n) is 3.81. The molecule has 0 amide bonds. The monoisotopic (exact) mass is 258 g/mol. The Balaban J connectivity index is 1.81. The molecule has 1 N–H and O–H groups in total.